The molecular weight excluding hydrogens is 419 g/mol. The Morgan fingerprint density at radius 2 is 1.33 bits per heavy atom. The van der Waals surface area contributed by atoms with E-state index in [-0.39, 0.29) is 36.0 Å². The summed E-state index contributed by atoms with van der Waals surface area (Å²) in [5.41, 5.74) is 0. The topological polar surface area (TPSA) is 121 Å². The Kier molecular flexibility index (Phi) is 21.7. The van der Waals surface area contributed by atoms with E-state index in [4.69, 9.17) is 9.29 Å². The summed E-state index contributed by atoms with van der Waals surface area (Å²) in [6.45, 7) is 2.21. The van der Waals surface area contributed by atoms with Crippen LogP contribution in [0.5, 0.6) is 0 Å². The first-order chi connectivity index (χ1) is 13.7. The molecule has 0 amide bonds. The van der Waals surface area contributed by atoms with Crippen LogP contribution in [-0.2, 0) is 24.4 Å². The van der Waals surface area contributed by atoms with Crippen molar-refractivity contribution in [3.63, 3.8) is 0 Å². The first-order valence-corrected chi connectivity index (χ1v) is 12.4. The van der Waals surface area contributed by atoms with E-state index >= 15 is 0 Å². The first-order valence-electron chi connectivity index (χ1n) is 10.8. The summed E-state index contributed by atoms with van der Waals surface area (Å²) >= 11 is 0. The molecule has 30 heavy (non-hydrogen) atoms. The van der Waals surface area contributed by atoms with Crippen LogP contribution in [-0.4, -0.2) is 36.8 Å². The molecule has 1 atom stereocenters. The van der Waals surface area contributed by atoms with Gasteiger partial charge in [-0.15, -0.1) is 0 Å². The smallest absolute Gasteiger partial charge is 0.545 e. The van der Waals surface area contributed by atoms with Gasteiger partial charge in [0.2, 0.25) is 0 Å². The van der Waals surface area contributed by atoms with Crippen molar-refractivity contribution < 1.29 is 62.0 Å². The van der Waals surface area contributed by atoms with E-state index in [1.165, 1.54) is 51.4 Å². The predicted octanol–water partition coefficient (Wildman–Crippen LogP) is 0.577. The van der Waals surface area contributed by atoms with Crippen molar-refractivity contribution in [3.8, 4) is 0 Å². The van der Waals surface area contributed by atoms with Crippen molar-refractivity contribution in [1.29, 1.82) is 0 Å². The number of esters is 1. The predicted molar refractivity (Wildman–Crippen MR) is 111 cm³/mol. The molecule has 0 rings (SSSR count). The summed E-state index contributed by atoms with van der Waals surface area (Å²) in [5, 5.41) is 10.4. The van der Waals surface area contributed by atoms with Crippen LogP contribution in [0.1, 0.15) is 96.8 Å². The Hall–Kier alpha value is -0.410. The summed E-state index contributed by atoms with van der Waals surface area (Å²) in [7, 11) is -4.06. The molecule has 0 aromatic rings. The Labute approximate surface area is 204 Å². The maximum atomic E-state index is 11.7. The monoisotopic (exact) mass is 456 g/mol. The molecular formula is C21H37NaO7S. The third-order valence-corrected chi connectivity index (χ3v) is 5.50. The SMILES string of the molecule is CCCCCCCCCCCCCC(CCCS(=O)(=O)O)OC(=O)/C=C\C(=O)[O-].[Na+]. The van der Waals surface area contributed by atoms with Gasteiger partial charge < -0.3 is 14.6 Å². The Morgan fingerprint density at radius 1 is 0.867 bits per heavy atom. The van der Waals surface area contributed by atoms with E-state index in [2.05, 4.69) is 6.92 Å². The zero-order valence-corrected chi connectivity index (χ0v) is 21.5. The maximum absolute atomic E-state index is 11.7. The number of carboxylic acid groups (broad SMARTS) is 1. The molecule has 1 unspecified atom stereocenters. The van der Waals surface area contributed by atoms with Crippen LogP contribution in [0.4, 0.5) is 0 Å². The van der Waals surface area contributed by atoms with Crippen molar-refractivity contribution in [2.24, 2.45) is 0 Å². The van der Waals surface area contributed by atoms with Crippen LogP contribution < -0.4 is 34.7 Å². The van der Waals surface area contributed by atoms with E-state index in [0.717, 1.165) is 25.3 Å². The minimum Gasteiger partial charge on any atom is -0.545 e. The quantitative estimate of drug-likeness (QED) is 0.0992. The molecule has 0 radical (unpaired) electrons. The number of unbranched alkanes of at least 4 members (excludes halogenated alkanes) is 10. The zero-order valence-electron chi connectivity index (χ0n) is 18.6. The number of ether oxygens (including phenoxy) is 1. The van der Waals surface area contributed by atoms with Gasteiger partial charge in [0.25, 0.3) is 10.1 Å². The fraction of sp³-hybridized carbons (Fsp3) is 0.810. The van der Waals surface area contributed by atoms with Crippen molar-refractivity contribution in [1.82, 2.24) is 0 Å². The van der Waals surface area contributed by atoms with Crippen LogP contribution >= 0.6 is 0 Å². The number of hydrogen-bond acceptors (Lipinski definition) is 6. The fourth-order valence-corrected chi connectivity index (χ4v) is 3.66. The average Bonchev–Trinajstić information content (AvgIpc) is 2.63. The third kappa shape index (κ3) is 23.9. The van der Waals surface area contributed by atoms with Gasteiger partial charge in [-0.05, 0) is 31.8 Å². The second-order valence-corrected chi connectivity index (χ2v) is 9.04. The van der Waals surface area contributed by atoms with E-state index in [0.29, 0.717) is 18.9 Å². The summed E-state index contributed by atoms with van der Waals surface area (Å²) in [6, 6.07) is 0. The van der Waals surface area contributed by atoms with Crippen LogP contribution in [0.3, 0.4) is 0 Å². The molecule has 7 nitrogen and oxygen atoms in total. The summed E-state index contributed by atoms with van der Waals surface area (Å²) in [6.07, 6.45) is 15.0. The van der Waals surface area contributed by atoms with Gasteiger partial charge in [-0.1, -0.05) is 71.1 Å². The van der Waals surface area contributed by atoms with Crippen LogP contribution in [0.2, 0.25) is 0 Å². The standard InChI is InChI=1S/C21H38O7S.Na/c1-2-3-4-5-6-7-8-9-10-11-12-14-19(15-13-18-29(25,26)27)28-21(24)17-16-20(22)23;/h16-17,19H,2-15,18H2,1H3,(H,22,23)(H,25,26,27);/q;+1/p-1/b17-16-;. The molecule has 0 saturated carbocycles. The molecule has 9 heteroatoms. The van der Waals surface area contributed by atoms with E-state index in [1.54, 1.807) is 0 Å². The second kappa shape index (κ2) is 20.5. The summed E-state index contributed by atoms with van der Waals surface area (Å²) in [4.78, 5) is 22.0. The summed E-state index contributed by atoms with van der Waals surface area (Å²) < 4.78 is 35.7. The molecule has 0 aliphatic rings. The Balaban J connectivity index is 0. The average molecular weight is 457 g/mol. The summed E-state index contributed by atoms with van der Waals surface area (Å²) in [5.74, 6) is -2.68. The molecule has 0 fully saturated rings. The zero-order chi connectivity index (χ0) is 22.0. The van der Waals surface area contributed by atoms with Crippen LogP contribution in [0, 0.1) is 0 Å². The van der Waals surface area contributed by atoms with Gasteiger partial charge in [0, 0.05) is 6.08 Å². The first kappa shape index (κ1) is 31.8. The molecule has 0 aliphatic heterocycles. The van der Waals surface area contributed by atoms with E-state index in [9.17, 15) is 23.1 Å². The molecule has 0 saturated heterocycles. The molecule has 0 bridgehead atoms. The Morgan fingerprint density at radius 3 is 1.80 bits per heavy atom. The number of aliphatic carboxylic acids is 1. The second-order valence-electron chi connectivity index (χ2n) is 7.46. The van der Waals surface area contributed by atoms with Gasteiger partial charge in [0.1, 0.15) is 6.10 Å². The minimum atomic E-state index is -4.06. The van der Waals surface area contributed by atoms with Crippen molar-refractivity contribution in [2.45, 2.75) is 103 Å². The third-order valence-electron chi connectivity index (χ3n) is 4.70. The molecule has 0 aromatic carbocycles. The fourth-order valence-electron chi connectivity index (χ4n) is 3.13. The molecule has 0 aliphatic carbocycles. The minimum absolute atomic E-state index is 0. The molecule has 0 aromatic heterocycles. The Bertz CT molecular complexity index is 576. The largest absolute Gasteiger partial charge is 1.00 e. The maximum Gasteiger partial charge on any atom is 1.00 e. The number of carbonyl (C=O) groups is 2. The van der Waals surface area contributed by atoms with Gasteiger partial charge >= 0.3 is 35.5 Å². The van der Waals surface area contributed by atoms with Crippen LogP contribution in [0.15, 0.2) is 12.2 Å². The number of rotatable bonds is 19. The van der Waals surface area contributed by atoms with Gasteiger partial charge in [0.15, 0.2) is 0 Å². The van der Waals surface area contributed by atoms with Crippen molar-refractivity contribution >= 4 is 22.1 Å². The van der Waals surface area contributed by atoms with Crippen LogP contribution in [0.25, 0.3) is 0 Å². The van der Waals surface area contributed by atoms with Crippen molar-refractivity contribution in [3.05, 3.63) is 12.2 Å². The molecule has 0 spiro atoms. The van der Waals surface area contributed by atoms with E-state index in [1.807, 2.05) is 0 Å². The van der Waals surface area contributed by atoms with E-state index < -0.39 is 33.9 Å². The normalized spacial score (nSPS) is 12.5. The number of carbonyl (C=O) groups excluding carboxylic acids is 2. The molecule has 0 heterocycles. The van der Waals surface area contributed by atoms with Crippen molar-refractivity contribution in [2.75, 3.05) is 5.75 Å². The molecule has 1 N–H and O–H groups in total. The molecule has 170 valence electrons. The van der Waals surface area contributed by atoms with Gasteiger partial charge in [-0.3, -0.25) is 4.55 Å². The number of hydrogen-bond donors (Lipinski definition) is 1. The van der Waals surface area contributed by atoms with Gasteiger partial charge in [-0.25, -0.2) is 4.79 Å². The number of carboxylic acids is 1. The van der Waals surface area contributed by atoms with Gasteiger partial charge in [0.05, 0.1) is 11.7 Å². The van der Waals surface area contributed by atoms with Gasteiger partial charge in [-0.2, -0.15) is 8.42 Å².